The first-order valence-electron chi connectivity index (χ1n) is 11.3. The van der Waals surface area contributed by atoms with Crippen molar-refractivity contribution in [1.82, 2.24) is 0 Å². The van der Waals surface area contributed by atoms with E-state index in [9.17, 15) is 19.8 Å². The first-order valence-corrected chi connectivity index (χ1v) is 11.3. The van der Waals surface area contributed by atoms with Crippen molar-refractivity contribution in [2.24, 2.45) is 0 Å². The predicted octanol–water partition coefficient (Wildman–Crippen LogP) is 7.34. The molecule has 0 unspecified atom stereocenters. The first kappa shape index (κ1) is 23.0. The monoisotopic (exact) mass is 450 g/mol. The second-order valence-corrected chi connectivity index (χ2v) is 8.28. The van der Waals surface area contributed by atoms with E-state index >= 15 is 0 Å². The Morgan fingerprint density at radius 3 is 1.71 bits per heavy atom. The van der Waals surface area contributed by atoms with Gasteiger partial charge in [0.15, 0.2) is 0 Å². The highest BCUT2D eigenvalue weighted by Gasteiger charge is 2.24. The minimum absolute atomic E-state index is 0.187. The Bertz CT molecular complexity index is 1370. The van der Waals surface area contributed by atoms with Crippen LogP contribution < -0.4 is 0 Å². The number of carboxylic acids is 2. The summed E-state index contributed by atoms with van der Waals surface area (Å²) in [6.45, 7) is 4.07. The van der Waals surface area contributed by atoms with Crippen molar-refractivity contribution >= 4 is 11.9 Å². The fraction of sp³-hybridized carbons (Fsp3) is 0.133. The molecule has 0 aromatic heterocycles. The van der Waals surface area contributed by atoms with Crippen LogP contribution >= 0.6 is 0 Å². The Morgan fingerprint density at radius 1 is 0.676 bits per heavy atom. The van der Waals surface area contributed by atoms with E-state index < -0.39 is 11.9 Å². The van der Waals surface area contributed by atoms with Crippen LogP contribution in [0.15, 0.2) is 84.9 Å². The lowest BCUT2D eigenvalue weighted by atomic mass is 9.80. The molecule has 4 heteroatoms. The summed E-state index contributed by atoms with van der Waals surface area (Å²) in [4.78, 5) is 24.4. The van der Waals surface area contributed by atoms with Crippen molar-refractivity contribution in [2.45, 2.75) is 26.7 Å². The average molecular weight is 451 g/mol. The van der Waals surface area contributed by atoms with Gasteiger partial charge < -0.3 is 10.2 Å². The lowest BCUT2D eigenvalue weighted by Gasteiger charge is -2.23. The van der Waals surface area contributed by atoms with Crippen molar-refractivity contribution in [3.05, 3.63) is 107 Å². The standard InChI is InChI=1S/C30H26O4/c1-3-11-21-18-26(20-12-5-4-6-13-20)19(2)27(22-14-7-9-16-24(22)29(31)32)28(21)23-15-8-10-17-25(23)30(33)34/h4-10,12-18H,3,11H2,1-2H3,(H,31,32)(H,33,34). The molecular formula is C30H26O4. The minimum atomic E-state index is -1.02. The SMILES string of the molecule is CCCc1cc(-c2ccccc2)c(C)c(-c2ccccc2C(=O)O)c1-c1ccccc1C(=O)O. The van der Waals surface area contributed by atoms with Crippen molar-refractivity contribution in [3.8, 4) is 33.4 Å². The molecule has 34 heavy (non-hydrogen) atoms. The Hall–Kier alpha value is -4.18. The van der Waals surface area contributed by atoms with Gasteiger partial charge in [-0.15, -0.1) is 0 Å². The number of hydrogen-bond acceptors (Lipinski definition) is 2. The normalized spacial score (nSPS) is 10.8. The third-order valence-corrected chi connectivity index (χ3v) is 6.13. The van der Waals surface area contributed by atoms with E-state index in [4.69, 9.17) is 0 Å². The van der Waals surface area contributed by atoms with Crippen LogP contribution in [-0.4, -0.2) is 22.2 Å². The highest BCUT2D eigenvalue weighted by atomic mass is 16.4. The van der Waals surface area contributed by atoms with Crippen molar-refractivity contribution in [3.63, 3.8) is 0 Å². The molecule has 0 radical (unpaired) electrons. The summed E-state index contributed by atoms with van der Waals surface area (Å²) < 4.78 is 0. The number of rotatable bonds is 7. The summed E-state index contributed by atoms with van der Waals surface area (Å²) >= 11 is 0. The van der Waals surface area contributed by atoms with Gasteiger partial charge in [0.05, 0.1) is 11.1 Å². The molecule has 0 aliphatic carbocycles. The zero-order valence-corrected chi connectivity index (χ0v) is 19.2. The van der Waals surface area contributed by atoms with Gasteiger partial charge in [0, 0.05) is 0 Å². The number of carboxylic acid groups (broad SMARTS) is 2. The van der Waals surface area contributed by atoms with E-state index in [-0.39, 0.29) is 11.1 Å². The molecule has 0 saturated heterocycles. The Morgan fingerprint density at radius 2 is 1.18 bits per heavy atom. The van der Waals surface area contributed by atoms with Crippen LogP contribution in [0.2, 0.25) is 0 Å². The zero-order chi connectivity index (χ0) is 24.2. The van der Waals surface area contributed by atoms with Crippen LogP contribution in [-0.2, 0) is 6.42 Å². The maximum Gasteiger partial charge on any atom is 0.336 e. The number of benzene rings is 4. The van der Waals surface area contributed by atoms with Crippen LogP contribution in [0.1, 0.15) is 45.2 Å². The molecule has 4 aromatic rings. The van der Waals surface area contributed by atoms with Crippen LogP contribution in [0.25, 0.3) is 33.4 Å². The quantitative estimate of drug-likeness (QED) is 0.309. The summed E-state index contributed by atoms with van der Waals surface area (Å²) in [5, 5.41) is 19.9. The van der Waals surface area contributed by atoms with Gasteiger partial charge in [-0.05, 0) is 70.0 Å². The number of aromatic carboxylic acids is 2. The second kappa shape index (κ2) is 9.75. The molecular weight excluding hydrogens is 424 g/mol. The zero-order valence-electron chi connectivity index (χ0n) is 19.2. The van der Waals surface area contributed by atoms with E-state index in [2.05, 4.69) is 13.0 Å². The molecule has 2 N–H and O–H groups in total. The highest BCUT2D eigenvalue weighted by Crippen LogP contribution is 2.44. The third-order valence-electron chi connectivity index (χ3n) is 6.13. The van der Waals surface area contributed by atoms with E-state index in [0.29, 0.717) is 11.1 Å². The predicted molar refractivity (Wildman–Crippen MR) is 135 cm³/mol. The van der Waals surface area contributed by atoms with Gasteiger partial charge in [0.2, 0.25) is 0 Å². The van der Waals surface area contributed by atoms with Crippen molar-refractivity contribution in [2.75, 3.05) is 0 Å². The molecule has 0 heterocycles. The molecule has 0 bridgehead atoms. The molecule has 0 amide bonds. The van der Waals surface area contributed by atoms with E-state index in [0.717, 1.165) is 46.2 Å². The van der Waals surface area contributed by atoms with Gasteiger partial charge in [0.25, 0.3) is 0 Å². The maximum atomic E-state index is 12.2. The van der Waals surface area contributed by atoms with Gasteiger partial charge in [-0.2, -0.15) is 0 Å². The summed E-state index contributed by atoms with van der Waals surface area (Å²) in [7, 11) is 0. The van der Waals surface area contributed by atoms with E-state index in [1.165, 1.54) is 0 Å². The minimum Gasteiger partial charge on any atom is -0.478 e. The molecule has 0 aliphatic heterocycles. The molecule has 0 aliphatic rings. The Balaban J connectivity index is 2.20. The fourth-order valence-electron chi connectivity index (χ4n) is 4.64. The van der Waals surface area contributed by atoms with Gasteiger partial charge >= 0.3 is 11.9 Å². The third kappa shape index (κ3) is 4.23. The molecule has 0 fully saturated rings. The van der Waals surface area contributed by atoms with E-state index in [1.54, 1.807) is 24.3 Å². The smallest absolute Gasteiger partial charge is 0.336 e. The molecule has 0 saturated carbocycles. The number of aryl methyl sites for hydroxylation is 1. The van der Waals surface area contributed by atoms with Crippen molar-refractivity contribution in [1.29, 1.82) is 0 Å². The highest BCUT2D eigenvalue weighted by molar-refractivity contribution is 6.05. The van der Waals surface area contributed by atoms with Gasteiger partial charge in [-0.1, -0.05) is 86.1 Å². The summed E-state index contributed by atoms with van der Waals surface area (Å²) in [5.41, 5.74) is 7.05. The summed E-state index contributed by atoms with van der Waals surface area (Å²) in [6.07, 6.45) is 1.59. The van der Waals surface area contributed by atoms with Crippen LogP contribution in [0.3, 0.4) is 0 Å². The van der Waals surface area contributed by atoms with Crippen LogP contribution in [0.4, 0.5) is 0 Å². The summed E-state index contributed by atoms with van der Waals surface area (Å²) in [6, 6.07) is 26.0. The van der Waals surface area contributed by atoms with Crippen LogP contribution in [0.5, 0.6) is 0 Å². The topological polar surface area (TPSA) is 74.6 Å². The van der Waals surface area contributed by atoms with Gasteiger partial charge in [-0.25, -0.2) is 9.59 Å². The van der Waals surface area contributed by atoms with Gasteiger partial charge in [0.1, 0.15) is 0 Å². The average Bonchev–Trinajstić information content (AvgIpc) is 2.85. The van der Waals surface area contributed by atoms with Gasteiger partial charge in [-0.3, -0.25) is 0 Å². The second-order valence-electron chi connectivity index (χ2n) is 8.28. The summed E-state index contributed by atoms with van der Waals surface area (Å²) in [5.74, 6) is -2.03. The van der Waals surface area contributed by atoms with Crippen LogP contribution in [0, 0.1) is 6.92 Å². The fourth-order valence-corrected chi connectivity index (χ4v) is 4.64. The molecule has 0 atom stereocenters. The Labute approximate surface area is 199 Å². The lowest BCUT2D eigenvalue weighted by molar-refractivity contribution is 0.0686. The Kier molecular flexibility index (Phi) is 6.60. The largest absolute Gasteiger partial charge is 0.478 e. The first-order chi connectivity index (χ1) is 16.4. The molecule has 4 rings (SSSR count). The van der Waals surface area contributed by atoms with E-state index in [1.807, 2.05) is 61.5 Å². The number of hydrogen-bond donors (Lipinski definition) is 2. The molecule has 170 valence electrons. The van der Waals surface area contributed by atoms with Crippen molar-refractivity contribution < 1.29 is 19.8 Å². The number of carbonyl (C=O) groups is 2. The molecule has 0 spiro atoms. The molecule has 4 aromatic carbocycles. The lowest BCUT2D eigenvalue weighted by Crippen LogP contribution is -2.07. The maximum absolute atomic E-state index is 12.2. The molecule has 4 nitrogen and oxygen atoms in total.